The molecule has 1 aromatic rings. The molecule has 0 heterocycles. The van der Waals surface area contributed by atoms with E-state index >= 15 is 0 Å². The first kappa shape index (κ1) is 21.8. The molecule has 1 aromatic carbocycles. The number of nitrogens with zero attached hydrogens (tertiary/aromatic N) is 2. The normalized spacial score (nSPS) is 12.6. The summed E-state index contributed by atoms with van der Waals surface area (Å²) in [5.74, 6) is -0.632. The van der Waals surface area contributed by atoms with Crippen LogP contribution in [-0.2, 0) is 24.8 Å². The molecule has 0 aliphatic heterocycles. The van der Waals surface area contributed by atoms with Crippen molar-refractivity contribution >= 4 is 43.2 Å². The van der Waals surface area contributed by atoms with E-state index in [0.717, 1.165) is 10.6 Å². The molecule has 0 bridgehead atoms. The van der Waals surface area contributed by atoms with Crippen LogP contribution in [-0.4, -0.2) is 64.3 Å². The highest BCUT2D eigenvalue weighted by Gasteiger charge is 2.23. The summed E-state index contributed by atoms with van der Waals surface area (Å²) < 4.78 is 49.9. The molecule has 1 amide bonds. The van der Waals surface area contributed by atoms with Gasteiger partial charge in [-0.3, -0.25) is 4.79 Å². The van der Waals surface area contributed by atoms with Gasteiger partial charge in [-0.25, -0.2) is 16.8 Å². The predicted molar refractivity (Wildman–Crippen MR) is 97.7 cm³/mol. The fourth-order valence-electron chi connectivity index (χ4n) is 1.98. The van der Waals surface area contributed by atoms with Crippen LogP contribution in [0, 0.1) is 0 Å². The molecule has 0 aromatic heterocycles. The fourth-order valence-corrected chi connectivity index (χ4v) is 3.98. The molecule has 1 rings (SSSR count). The Morgan fingerprint density at radius 2 is 1.72 bits per heavy atom. The van der Waals surface area contributed by atoms with E-state index in [1.807, 2.05) is 0 Å². The standard InChI is InChI=1S/C14H22ClN3O5S2/c1-5-18(6-2)25(22,23)11-7-8-12(15)13(9-11)16-14(19)10-17(3)24(4,20)21/h7-9H,5-6,10H2,1-4H3,(H,16,19). The minimum Gasteiger partial charge on any atom is -0.324 e. The maximum Gasteiger partial charge on any atom is 0.243 e. The third-order valence-corrected chi connectivity index (χ3v) is 7.12. The summed E-state index contributed by atoms with van der Waals surface area (Å²) >= 11 is 6.01. The van der Waals surface area contributed by atoms with E-state index in [9.17, 15) is 21.6 Å². The van der Waals surface area contributed by atoms with Crippen molar-refractivity contribution in [2.45, 2.75) is 18.7 Å². The predicted octanol–water partition coefficient (Wildman–Crippen LogP) is 1.20. The summed E-state index contributed by atoms with van der Waals surface area (Å²) in [5.41, 5.74) is 0.0989. The summed E-state index contributed by atoms with van der Waals surface area (Å²) in [6, 6.07) is 3.98. The van der Waals surface area contributed by atoms with Crippen LogP contribution in [0.25, 0.3) is 0 Å². The lowest BCUT2D eigenvalue weighted by Gasteiger charge is -2.19. The molecule has 11 heteroatoms. The molecular weight excluding hydrogens is 390 g/mol. The molecule has 0 atom stereocenters. The Hall–Kier alpha value is -1.20. The lowest BCUT2D eigenvalue weighted by atomic mass is 10.3. The molecule has 0 unspecified atom stereocenters. The summed E-state index contributed by atoms with van der Waals surface area (Å²) in [4.78, 5) is 12.0. The van der Waals surface area contributed by atoms with Crippen molar-refractivity contribution in [3.05, 3.63) is 23.2 Å². The van der Waals surface area contributed by atoms with E-state index in [4.69, 9.17) is 11.6 Å². The smallest absolute Gasteiger partial charge is 0.243 e. The van der Waals surface area contributed by atoms with Gasteiger partial charge in [0.1, 0.15) is 0 Å². The second-order valence-corrected chi connectivity index (χ2v) is 9.73. The molecule has 8 nitrogen and oxygen atoms in total. The van der Waals surface area contributed by atoms with Gasteiger partial charge in [-0.15, -0.1) is 0 Å². The molecule has 0 saturated carbocycles. The Labute approximate surface area is 153 Å². The van der Waals surface area contributed by atoms with Crippen LogP contribution >= 0.6 is 11.6 Å². The van der Waals surface area contributed by atoms with Gasteiger partial charge in [0.05, 0.1) is 28.4 Å². The molecule has 142 valence electrons. The lowest BCUT2D eigenvalue weighted by Crippen LogP contribution is -2.34. The van der Waals surface area contributed by atoms with E-state index in [0.29, 0.717) is 13.1 Å². The van der Waals surface area contributed by atoms with Gasteiger partial charge in [-0.2, -0.15) is 8.61 Å². The molecular formula is C14H22ClN3O5S2. The number of amides is 1. The minimum atomic E-state index is -3.71. The van der Waals surface area contributed by atoms with Crippen molar-refractivity contribution in [1.82, 2.24) is 8.61 Å². The van der Waals surface area contributed by atoms with Gasteiger partial charge < -0.3 is 5.32 Å². The van der Waals surface area contributed by atoms with Gasteiger partial charge >= 0.3 is 0 Å². The Balaban J connectivity index is 3.09. The lowest BCUT2D eigenvalue weighted by molar-refractivity contribution is -0.116. The Morgan fingerprint density at radius 1 is 1.16 bits per heavy atom. The molecule has 0 spiro atoms. The highest BCUT2D eigenvalue weighted by atomic mass is 35.5. The van der Waals surface area contributed by atoms with E-state index in [-0.39, 0.29) is 15.6 Å². The Morgan fingerprint density at radius 3 is 2.20 bits per heavy atom. The zero-order valence-electron chi connectivity index (χ0n) is 14.5. The van der Waals surface area contributed by atoms with Crippen LogP contribution in [0.4, 0.5) is 5.69 Å². The van der Waals surface area contributed by atoms with Crippen molar-refractivity contribution in [3.8, 4) is 0 Å². The van der Waals surface area contributed by atoms with Gasteiger partial charge in [0, 0.05) is 20.1 Å². The van der Waals surface area contributed by atoms with Gasteiger partial charge in [0.15, 0.2) is 0 Å². The first-order valence-electron chi connectivity index (χ1n) is 7.44. The van der Waals surface area contributed by atoms with Crippen molar-refractivity contribution < 1.29 is 21.6 Å². The van der Waals surface area contributed by atoms with Crippen LogP contribution in [0.5, 0.6) is 0 Å². The summed E-state index contributed by atoms with van der Waals surface area (Å²) in [6.45, 7) is 3.65. The van der Waals surface area contributed by atoms with Crippen molar-refractivity contribution in [2.75, 3.05) is 38.3 Å². The SMILES string of the molecule is CCN(CC)S(=O)(=O)c1ccc(Cl)c(NC(=O)CN(C)S(C)(=O)=O)c1. The molecule has 25 heavy (non-hydrogen) atoms. The van der Waals surface area contributed by atoms with Gasteiger partial charge in [-0.05, 0) is 18.2 Å². The second-order valence-electron chi connectivity index (χ2n) is 5.30. The fraction of sp³-hybridized carbons (Fsp3) is 0.500. The molecule has 1 N–H and O–H groups in total. The third-order valence-electron chi connectivity index (χ3n) is 3.49. The number of anilines is 1. The maximum atomic E-state index is 12.5. The number of carbonyl (C=O) groups is 1. The number of hydrogen-bond acceptors (Lipinski definition) is 5. The van der Waals surface area contributed by atoms with E-state index in [2.05, 4.69) is 5.32 Å². The average Bonchev–Trinajstić information content (AvgIpc) is 2.49. The Kier molecular flexibility index (Phi) is 7.39. The van der Waals surface area contributed by atoms with Crippen LogP contribution in [0.1, 0.15) is 13.8 Å². The number of carbonyl (C=O) groups excluding carboxylic acids is 1. The summed E-state index contributed by atoms with van der Waals surface area (Å²) in [5, 5.41) is 2.59. The van der Waals surface area contributed by atoms with Crippen LogP contribution in [0.15, 0.2) is 23.1 Å². The molecule has 0 saturated heterocycles. The monoisotopic (exact) mass is 411 g/mol. The van der Waals surface area contributed by atoms with Crippen molar-refractivity contribution in [3.63, 3.8) is 0 Å². The minimum absolute atomic E-state index is 0.00707. The van der Waals surface area contributed by atoms with E-state index < -0.39 is 32.5 Å². The van der Waals surface area contributed by atoms with Crippen LogP contribution < -0.4 is 5.32 Å². The van der Waals surface area contributed by atoms with Gasteiger partial charge in [0.25, 0.3) is 0 Å². The van der Waals surface area contributed by atoms with Crippen molar-refractivity contribution in [1.29, 1.82) is 0 Å². The number of likely N-dealkylation sites (N-methyl/N-ethyl adjacent to an activating group) is 1. The number of halogens is 1. The van der Waals surface area contributed by atoms with Crippen LogP contribution in [0.2, 0.25) is 5.02 Å². The molecule has 0 aliphatic carbocycles. The molecule has 0 fully saturated rings. The molecule has 0 aliphatic rings. The highest BCUT2D eigenvalue weighted by molar-refractivity contribution is 7.89. The Bertz CT molecular complexity index is 836. The third kappa shape index (κ3) is 5.65. The van der Waals surface area contributed by atoms with E-state index in [1.165, 1.54) is 29.6 Å². The van der Waals surface area contributed by atoms with Gasteiger partial charge in [0.2, 0.25) is 26.0 Å². The van der Waals surface area contributed by atoms with E-state index in [1.54, 1.807) is 13.8 Å². The zero-order chi connectivity index (χ0) is 19.4. The summed E-state index contributed by atoms with van der Waals surface area (Å²) in [6.07, 6.45) is 0.977. The maximum absolute atomic E-state index is 12.5. The second kappa shape index (κ2) is 8.45. The highest BCUT2D eigenvalue weighted by Crippen LogP contribution is 2.27. The average molecular weight is 412 g/mol. The zero-order valence-corrected chi connectivity index (χ0v) is 16.9. The summed E-state index contributed by atoms with van der Waals surface area (Å²) in [7, 11) is -5.96. The van der Waals surface area contributed by atoms with Gasteiger partial charge in [-0.1, -0.05) is 25.4 Å². The quantitative estimate of drug-likeness (QED) is 0.692. The number of hydrogen-bond donors (Lipinski definition) is 1. The number of rotatable bonds is 8. The topological polar surface area (TPSA) is 104 Å². The first-order valence-corrected chi connectivity index (χ1v) is 11.1. The number of benzene rings is 1. The number of sulfonamides is 2. The number of nitrogens with one attached hydrogen (secondary N) is 1. The molecule has 0 radical (unpaired) electrons. The van der Waals surface area contributed by atoms with Crippen molar-refractivity contribution in [2.24, 2.45) is 0 Å². The van der Waals surface area contributed by atoms with Crippen LogP contribution in [0.3, 0.4) is 0 Å². The largest absolute Gasteiger partial charge is 0.324 e. The first-order chi connectivity index (χ1) is 11.4.